The summed E-state index contributed by atoms with van der Waals surface area (Å²) in [6.07, 6.45) is 4.38. The Balaban J connectivity index is 1.13. The first-order valence-electron chi connectivity index (χ1n) is 10.9. The Labute approximate surface area is 177 Å². The molecule has 2 saturated heterocycles. The largest absolute Gasteiger partial charge is 0.454 e. The molecule has 2 fully saturated rings. The summed E-state index contributed by atoms with van der Waals surface area (Å²) < 4.78 is 13.1. The Morgan fingerprint density at radius 3 is 2.70 bits per heavy atom. The van der Waals surface area contributed by atoms with E-state index in [1.165, 1.54) is 11.3 Å². The smallest absolute Gasteiger partial charge is 0.236 e. The molecule has 7 nitrogen and oxygen atoms in total. The molecule has 0 radical (unpaired) electrons. The van der Waals surface area contributed by atoms with Gasteiger partial charge in [-0.25, -0.2) is 0 Å². The summed E-state index contributed by atoms with van der Waals surface area (Å²) in [5.41, 5.74) is 2.54. The molecule has 5 rings (SSSR count). The standard InChI is InChI=1S/C23H30N4O3/c1-24-8-2-4-19(24)20-5-3-9-27(20)16-23(28)26-12-10-25(11-13-26)15-18-6-7-21-22(14-18)30-17-29-21/h2,4,6-8,14,20H,3,5,9-13,15-17H2,1H3. The fourth-order valence-electron chi connectivity index (χ4n) is 4.90. The Morgan fingerprint density at radius 1 is 1.07 bits per heavy atom. The second-order valence-corrected chi connectivity index (χ2v) is 8.52. The molecule has 2 aromatic rings. The monoisotopic (exact) mass is 410 g/mol. The summed E-state index contributed by atoms with van der Waals surface area (Å²) in [4.78, 5) is 19.8. The van der Waals surface area contributed by atoms with Gasteiger partial charge in [0, 0.05) is 51.7 Å². The average molecular weight is 411 g/mol. The number of rotatable bonds is 5. The number of carbonyl (C=O) groups is 1. The number of fused-ring (bicyclic) bond motifs is 1. The molecule has 0 N–H and O–H groups in total. The third-order valence-corrected chi connectivity index (χ3v) is 6.60. The number of piperazine rings is 1. The van der Waals surface area contributed by atoms with Crippen LogP contribution in [0.25, 0.3) is 0 Å². The van der Waals surface area contributed by atoms with Crippen molar-refractivity contribution in [3.05, 3.63) is 47.8 Å². The zero-order valence-corrected chi connectivity index (χ0v) is 17.6. The van der Waals surface area contributed by atoms with E-state index in [1.807, 2.05) is 11.0 Å². The van der Waals surface area contributed by atoms with Crippen molar-refractivity contribution in [1.29, 1.82) is 0 Å². The number of hydrogen-bond acceptors (Lipinski definition) is 5. The summed E-state index contributed by atoms with van der Waals surface area (Å²) in [6.45, 7) is 6.12. The van der Waals surface area contributed by atoms with Gasteiger partial charge in [0.2, 0.25) is 12.7 Å². The number of nitrogens with zero attached hydrogens (tertiary/aromatic N) is 4. The van der Waals surface area contributed by atoms with Crippen LogP contribution in [0.15, 0.2) is 36.5 Å². The minimum Gasteiger partial charge on any atom is -0.454 e. The van der Waals surface area contributed by atoms with Gasteiger partial charge in [-0.1, -0.05) is 6.07 Å². The number of carbonyl (C=O) groups excluding carboxylic acids is 1. The lowest BCUT2D eigenvalue weighted by Gasteiger charge is -2.36. The lowest BCUT2D eigenvalue weighted by molar-refractivity contribution is -0.134. The third-order valence-electron chi connectivity index (χ3n) is 6.60. The third kappa shape index (κ3) is 3.91. The molecule has 1 aromatic heterocycles. The van der Waals surface area contributed by atoms with E-state index in [1.54, 1.807) is 0 Å². The molecule has 30 heavy (non-hydrogen) atoms. The number of hydrogen-bond donors (Lipinski definition) is 0. The summed E-state index contributed by atoms with van der Waals surface area (Å²) in [6, 6.07) is 10.8. The molecule has 0 bridgehead atoms. The van der Waals surface area contributed by atoms with Gasteiger partial charge in [0.05, 0.1) is 12.6 Å². The van der Waals surface area contributed by atoms with Crippen molar-refractivity contribution >= 4 is 5.91 Å². The lowest BCUT2D eigenvalue weighted by Crippen LogP contribution is -2.50. The van der Waals surface area contributed by atoms with Crippen LogP contribution in [0.4, 0.5) is 0 Å². The van der Waals surface area contributed by atoms with E-state index in [0.717, 1.165) is 63.6 Å². The van der Waals surface area contributed by atoms with E-state index in [2.05, 4.69) is 51.9 Å². The SMILES string of the molecule is Cn1cccc1C1CCCN1CC(=O)N1CCN(Cc2ccc3c(c2)OCO3)CC1. The molecule has 3 aliphatic heterocycles. The molecular formula is C23H30N4O3. The molecule has 160 valence electrons. The van der Waals surface area contributed by atoms with Crippen LogP contribution in [-0.2, 0) is 18.4 Å². The van der Waals surface area contributed by atoms with E-state index >= 15 is 0 Å². The van der Waals surface area contributed by atoms with Crippen LogP contribution < -0.4 is 9.47 Å². The molecule has 7 heteroatoms. The Hall–Kier alpha value is -2.51. The van der Waals surface area contributed by atoms with Crippen molar-refractivity contribution in [3.8, 4) is 11.5 Å². The van der Waals surface area contributed by atoms with E-state index in [0.29, 0.717) is 19.4 Å². The highest BCUT2D eigenvalue weighted by Crippen LogP contribution is 2.33. The van der Waals surface area contributed by atoms with E-state index in [4.69, 9.17) is 9.47 Å². The molecule has 3 aliphatic rings. The van der Waals surface area contributed by atoms with Crippen LogP contribution in [0.3, 0.4) is 0 Å². The molecule has 4 heterocycles. The first-order chi connectivity index (χ1) is 14.7. The van der Waals surface area contributed by atoms with Crippen LogP contribution in [0.2, 0.25) is 0 Å². The Morgan fingerprint density at radius 2 is 1.90 bits per heavy atom. The molecule has 0 saturated carbocycles. The summed E-state index contributed by atoms with van der Waals surface area (Å²) in [7, 11) is 2.09. The van der Waals surface area contributed by atoms with Crippen molar-refractivity contribution < 1.29 is 14.3 Å². The fraction of sp³-hybridized carbons (Fsp3) is 0.522. The number of benzene rings is 1. The van der Waals surface area contributed by atoms with Gasteiger partial charge in [-0.2, -0.15) is 0 Å². The Bertz CT molecular complexity index is 904. The maximum absolute atomic E-state index is 13.0. The van der Waals surface area contributed by atoms with Crippen molar-refractivity contribution in [3.63, 3.8) is 0 Å². The highest BCUT2D eigenvalue weighted by atomic mass is 16.7. The molecule has 1 amide bonds. The number of aromatic nitrogens is 1. The van der Waals surface area contributed by atoms with E-state index in [9.17, 15) is 4.79 Å². The topological polar surface area (TPSA) is 50.2 Å². The molecule has 0 spiro atoms. The number of likely N-dealkylation sites (tertiary alicyclic amines) is 1. The van der Waals surface area contributed by atoms with Crippen LogP contribution in [-0.4, -0.2) is 71.2 Å². The fourth-order valence-corrected chi connectivity index (χ4v) is 4.90. The number of ether oxygens (including phenoxy) is 2. The van der Waals surface area contributed by atoms with Gasteiger partial charge in [-0.15, -0.1) is 0 Å². The van der Waals surface area contributed by atoms with Crippen molar-refractivity contribution in [2.45, 2.75) is 25.4 Å². The van der Waals surface area contributed by atoms with Gasteiger partial charge < -0.3 is 18.9 Å². The van der Waals surface area contributed by atoms with Crippen molar-refractivity contribution in [1.82, 2.24) is 19.3 Å². The van der Waals surface area contributed by atoms with Crippen molar-refractivity contribution in [2.75, 3.05) is 46.1 Å². The normalized spacial score (nSPS) is 22.0. The highest BCUT2D eigenvalue weighted by molar-refractivity contribution is 5.78. The highest BCUT2D eigenvalue weighted by Gasteiger charge is 2.31. The van der Waals surface area contributed by atoms with Gasteiger partial charge in [-0.3, -0.25) is 14.6 Å². The van der Waals surface area contributed by atoms with Gasteiger partial charge in [-0.05, 0) is 49.2 Å². The van der Waals surface area contributed by atoms with Crippen LogP contribution in [0, 0.1) is 0 Å². The van der Waals surface area contributed by atoms with Crippen LogP contribution >= 0.6 is 0 Å². The van der Waals surface area contributed by atoms with Gasteiger partial charge in [0.15, 0.2) is 11.5 Å². The number of amides is 1. The minimum atomic E-state index is 0.263. The molecule has 1 atom stereocenters. The quantitative estimate of drug-likeness (QED) is 0.757. The lowest BCUT2D eigenvalue weighted by atomic mass is 10.1. The zero-order chi connectivity index (χ0) is 20.5. The summed E-state index contributed by atoms with van der Waals surface area (Å²) >= 11 is 0. The zero-order valence-electron chi connectivity index (χ0n) is 17.6. The maximum Gasteiger partial charge on any atom is 0.236 e. The van der Waals surface area contributed by atoms with Crippen LogP contribution in [0.1, 0.15) is 30.1 Å². The first kappa shape index (κ1) is 19.5. The first-order valence-corrected chi connectivity index (χ1v) is 10.9. The summed E-state index contributed by atoms with van der Waals surface area (Å²) in [5.74, 6) is 1.92. The molecular weight excluding hydrogens is 380 g/mol. The van der Waals surface area contributed by atoms with Gasteiger partial charge >= 0.3 is 0 Å². The summed E-state index contributed by atoms with van der Waals surface area (Å²) in [5, 5.41) is 0. The van der Waals surface area contributed by atoms with E-state index in [-0.39, 0.29) is 5.91 Å². The average Bonchev–Trinajstić information content (AvgIpc) is 3.49. The molecule has 1 unspecified atom stereocenters. The second kappa shape index (κ2) is 8.32. The Kier molecular flexibility index (Phi) is 5.39. The number of aryl methyl sites for hydroxylation is 1. The van der Waals surface area contributed by atoms with Crippen molar-refractivity contribution in [2.24, 2.45) is 7.05 Å². The minimum absolute atomic E-state index is 0.263. The second-order valence-electron chi connectivity index (χ2n) is 8.52. The van der Waals surface area contributed by atoms with E-state index < -0.39 is 0 Å². The van der Waals surface area contributed by atoms with Crippen LogP contribution in [0.5, 0.6) is 11.5 Å². The predicted molar refractivity (Wildman–Crippen MR) is 113 cm³/mol. The molecule has 1 aromatic carbocycles. The predicted octanol–water partition coefficient (Wildman–Crippen LogP) is 2.24. The maximum atomic E-state index is 13.0. The molecule has 0 aliphatic carbocycles. The van der Waals surface area contributed by atoms with Gasteiger partial charge in [0.25, 0.3) is 0 Å². The van der Waals surface area contributed by atoms with Gasteiger partial charge in [0.1, 0.15) is 0 Å².